The van der Waals surface area contributed by atoms with Crippen LogP contribution in [0.15, 0.2) is 36.7 Å². The van der Waals surface area contributed by atoms with Gasteiger partial charge in [0.15, 0.2) is 0 Å². The van der Waals surface area contributed by atoms with Gasteiger partial charge in [0, 0.05) is 6.20 Å². The predicted octanol–water partition coefficient (Wildman–Crippen LogP) is 2.84. The molecule has 0 spiro atoms. The fourth-order valence-electron chi connectivity index (χ4n) is 2.37. The summed E-state index contributed by atoms with van der Waals surface area (Å²) in [4.78, 5) is 0. The first-order chi connectivity index (χ1) is 10.3. The molecule has 1 aliphatic rings. The molecule has 0 saturated carbocycles. The van der Waals surface area contributed by atoms with Gasteiger partial charge in [0.25, 0.3) is 0 Å². The fourth-order valence-corrected chi connectivity index (χ4v) is 2.82. The van der Waals surface area contributed by atoms with Crippen molar-refractivity contribution in [1.29, 1.82) is 0 Å². The zero-order valence-corrected chi connectivity index (χ0v) is 15.5. The maximum Gasteiger partial charge on any atom is 0.494 e. The van der Waals surface area contributed by atoms with Crippen molar-refractivity contribution < 1.29 is 9.31 Å². The lowest BCUT2D eigenvalue weighted by Crippen LogP contribution is -2.41. The molecule has 1 aliphatic heterocycles. The Hall–Kier alpha value is -0.855. The lowest BCUT2D eigenvalue weighted by atomic mass is 9.79. The van der Waals surface area contributed by atoms with Crippen LogP contribution in [0.3, 0.4) is 0 Å². The maximum absolute atomic E-state index is 6.07. The predicted molar refractivity (Wildman–Crippen MR) is 96.2 cm³/mol. The van der Waals surface area contributed by atoms with Gasteiger partial charge >= 0.3 is 7.12 Å². The van der Waals surface area contributed by atoms with E-state index in [4.69, 9.17) is 9.31 Å². The summed E-state index contributed by atoms with van der Waals surface area (Å²) in [5.74, 6) is 0. The van der Waals surface area contributed by atoms with Crippen molar-refractivity contribution in [1.82, 2.24) is 9.78 Å². The van der Waals surface area contributed by atoms with E-state index in [1.165, 1.54) is 5.56 Å². The molecule has 1 aromatic heterocycles. The summed E-state index contributed by atoms with van der Waals surface area (Å²) >= 11 is 2.26. The molecular weight excluding hydrogens is 390 g/mol. The quantitative estimate of drug-likeness (QED) is 0.577. The van der Waals surface area contributed by atoms with Crippen LogP contribution in [-0.2, 0) is 15.9 Å². The molecule has 0 N–H and O–H groups in total. The molecule has 116 valence electrons. The molecule has 1 aromatic carbocycles. The summed E-state index contributed by atoms with van der Waals surface area (Å²) in [5.41, 5.74) is 1.65. The summed E-state index contributed by atoms with van der Waals surface area (Å²) in [7, 11) is -0.301. The smallest absolute Gasteiger partial charge is 0.399 e. The highest BCUT2D eigenvalue weighted by Gasteiger charge is 2.51. The third-order valence-corrected chi connectivity index (χ3v) is 5.01. The van der Waals surface area contributed by atoms with E-state index < -0.39 is 0 Å². The first-order valence-corrected chi connectivity index (χ1v) is 8.47. The molecular formula is C16H20BIN2O2. The first kappa shape index (κ1) is 16.0. The average Bonchev–Trinajstić information content (AvgIpc) is 2.92. The van der Waals surface area contributed by atoms with Crippen molar-refractivity contribution in [2.75, 3.05) is 0 Å². The van der Waals surface area contributed by atoms with Gasteiger partial charge in [-0.1, -0.05) is 24.3 Å². The van der Waals surface area contributed by atoms with Gasteiger partial charge in [-0.2, -0.15) is 5.10 Å². The maximum atomic E-state index is 6.07. The van der Waals surface area contributed by atoms with Crippen molar-refractivity contribution in [3.8, 4) is 0 Å². The second kappa shape index (κ2) is 5.65. The Labute approximate surface area is 145 Å². The Morgan fingerprint density at radius 3 is 2.18 bits per heavy atom. The van der Waals surface area contributed by atoms with Crippen LogP contribution in [0.5, 0.6) is 0 Å². The topological polar surface area (TPSA) is 36.3 Å². The zero-order chi connectivity index (χ0) is 16.0. The van der Waals surface area contributed by atoms with E-state index in [-0.39, 0.29) is 18.3 Å². The van der Waals surface area contributed by atoms with Gasteiger partial charge in [-0.05, 0) is 61.3 Å². The molecule has 6 heteroatoms. The molecule has 4 nitrogen and oxygen atoms in total. The van der Waals surface area contributed by atoms with Gasteiger partial charge in [0.05, 0.1) is 27.5 Å². The van der Waals surface area contributed by atoms with Crippen molar-refractivity contribution in [3.63, 3.8) is 0 Å². The molecule has 2 heterocycles. The minimum absolute atomic E-state index is 0.301. The summed E-state index contributed by atoms with van der Waals surface area (Å²) in [6, 6.07) is 8.36. The van der Waals surface area contributed by atoms with Crippen molar-refractivity contribution >= 4 is 35.2 Å². The van der Waals surface area contributed by atoms with Crippen LogP contribution in [0.4, 0.5) is 0 Å². The highest BCUT2D eigenvalue weighted by Crippen LogP contribution is 2.36. The van der Waals surface area contributed by atoms with Gasteiger partial charge in [0.2, 0.25) is 0 Å². The molecule has 0 aliphatic carbocycles. The first-order valence-electron chi connectivity index (χ1n) is 7.39. The van der Waals surface area contributed by atoms with E-state index in [1.54, 1.807) is 0 Å². The number of nitrogens with zero attached hydrogens (tertiary/aromatic N) is 2. The molecule has 1 saturated heterocycles. The van der Waals surface area contributed by atoms with Crippen LogP contribution >= 0.6 is 22.6 Å². The van der Waals surface area contributed by atoms with E-state index >= 15 is 0 Å². The van der Waals surface area contributed by atoms with Crippen molar-refractivity contribution in [2.45, 2.75) is 45.4 Å². The monoisotopic (exact) mass is 410 g/mol. The van der Waals surface area contributed by atoms with E-state index in [9.17, 15) is 0 Å². The Morgan fingerprint density at radius 1 is 1.09 bits per heavy atom. The van der Waals surface area contributed by atoms with Gasteiger partial charge in [-0.3, -0.25) is 4.68 Å². The Kier molecular flexibility index (Phi) is 4.12. The van der Waals surface area contributed by atoms with E-state index in [0.717, 1.165) is 15.6 Å². The van der Waals surface area contributed by atoms with Crippen molar-refractivity contribution in [2.24, 2.45) is 0 Å². The van der Waals surface area contributed by atoms with Gasteiger partial charge < -0.3 is 9.31 Å². The van der Waals surface area contributed by atoms with Crippen LogP contribution < -0.4 is 5.46 Å². The molecule has 3 rings (SSSR count). The summed E-state index contributed by atoms with van der Waals surface area (Å²) < 4.78 is 15.2. The largest absolute Gasteiger partial charge is 0.494 e. The van der Waals surface area contributed by atoms with Crippen LogP contribution in [-0.4, -0.2) is 28.1 Å². The van der Waals surface area contributed by atoms with Gasteiger partial charge in [-0.25, -0.2) is 0 Å². The standard InChI is InChI=1S/C16H20BIN2O2/c1-15(2)16(3,4)22-17(21-15)13-7-5-12(6-8-13)10-20-11-14(18)9-19-20/h5-9,11H,10H2,1-4H3. The average molecular weight is 410 g/mol. The number of aromatic nitrogens is 2. The number of hydrogen-bond donors (Lipinski definition) is 0. The van der Waals surface area contributed by atoms with Gasteiger partial charge in [0.1, 0.15) is 0 Å². The second-order valence-corrected chi connectivity index (χ2v) is 7.93. The molecule has 0 bridgehead atoms. The van der Waals surface area contributed by atoms with Crippen molar-refractivity contribution in [3.05, 3.63) is 45.8 Å². The number of rotatable bonds is 3. The highest BCUT2D eigenvalue weighted by atomic mass is 127. The third-order valence-electron chi connectivity index (χ3n) is 4.45. The normalized spacial score (nSPS) is 19.6. The third kappa shape index (κ3) is 3.09. The molecule has 22 heavy (non-hydrogen) atoms. The number of hydrogen-bond acceptors (Lipinski definition) is 3. The summed E-state index contributed by atoms with van der Waals surface area (Å²) in [6.07, 6.45) is 3.89. The molecule has 0 unspecified atom stereocenters. The molecule has 0 atom stereocenters. The molecule has 0 radical (unpaired) electrons. The summed E-state index contributed by atoms with van der Waals surface area (Å²) in [6.45, 7) is 9.05. The fraction of sp³-hybridized carbons (Fsp3) is 0.438. The molecule has 0 amide bonds. The minimum atomic E-state index is -0.303. The summed E-state index contributed by atoms with van der Waals surface area (Å²) in [5, 5.41) is 4.31. The highest BCUT2D eigenvalue weighted by molar-refractivity contribution is 14.1. The lowest BCUT2D eigenvalue weighted by Gasteiger charge is -2.32. The van der Waals surface area contributed by atoms with E-state index in [0.29, 0.717) is 0 Å². The zero-order valence-electron chi connectivity index (χ0n) is 13.3. The van der Waals surface area contributed by atoms with E-state index in [2.05, 4.69) is 79.6 Å². The Morgan fingerprint density at radius 2 is 1.68 bits per heavy atom. The van der Waals surface area contributed by atoms with Crippen LogP contribution in [0.2, 0.25) is 0 Å². The Balaban J connectivity index is 1.72. The Bertz CT molecular complexity index is 651. The van der Waals surface area contributed by atoms with E-state index in [1.807, 2.05) is 17.1 Å². The SMILES string of the molecule is CC1(C)OB(c2ccc(Cn3cc(I)cn3)cc2)OC1(C)C. The van der Waals surface area contributed by atoms with Crippen LogP contribution in [0.1, 0.15) is 33.3 Å². The number of benzene rings is 1. The second-order valence-electron chi connectivity index (χ2n) is 6.69. The number of halogens is 1. The van der Waals surface area contributed by atoms with Gasteiger partial charge in [-0.15, -0.1) is 0 Å². The molecule has 2 aromatic rings. The van der Waals surface area contributed by atoms with Crippen LogP contribution in [0, 0.1) is 3.57 Å². The minimum Gasteiger partial charge on any atom is -0.399 e. The molecule has 1 fully saturated rings. The lowest BCUT2D eigenvalue weighted by molar-refractivity contribution is 0.00578. The van der Waals surface area contributed by atoms with Crippen LogP contribution in [0.25, 0.3) is 0 Å².